The predicted molar refractivity (Wildman–Crippen MR) is 80.9 cm³/mol. The lowest BCUT2D eigenvalue weighted by molar-refractivity contribution is 0.0598. The molecule has 0 bridgehead atoms. The van der Waals surface area contributed by atoms with Crippen LogP contribution in [-0.2, 0) is 0 Å². The molecule has 6 heteroatoms. The third kappa shape index (κ3) is 3.41. The Morgan fingerprint density at radius 1 is 1.43 bits per heavy atom. The molecule has 1 amide bonds. The number of aliphatic hydroxyl groups excluding tert-OH is 1. The lowest BCUT2D eigenvalue weighted by Gasteiger charge is -2.25. The fraction of sp³-hybridized carbons (Fsp3) is 0.294. The number of aromatic amines is 1. The molecule has 0 aliphatic heterocycles. The summed E-state index contributed by atoms with van der Waals surface area (Å²) in [6.07, 6.45) is 2.39. The van der Waals surface area contributed by atoms with Gasteiger partial charge in [0, 0.05) is 12.2 Å². The Bertz CT molecular complexity index is 744. The first-order chi connectivity index (χ1) is 11.1. The minimum absolute atomic E-state index is 0.103. The number of aliphatic hydroxyl groups is 1. The smallest absolute Gasteiger partial charge is 0.270 e. The van der Waals surface area contributed by atoms with Crippen molar-refractivity contribution in [3.05, 3.63) is 59.2 Å². The highest BCUT2D eigenvalue weighted by molar-refractivity contribution is 5.93. The normalized spacial score (nSPS) is 15.0. The van der Waals surface area contributed by atoms with Crippen molar-refractivity contribution in [3.8, 4) is 6.07 Å². The monoisotopic (exact) mass is 313 g/mol. The molecule has 1 saturated carbocycles. The zero-order valence-corrected chi connectivity index (χ0v) is 12.4. The highest BCUT2D eigenvalue weighted by Gasteiger charge is 2.35. The molecule has 3 rings (SSSR count). The number of hydrogen-bond donors (Lipinski definition) is 2. The number of rotatable bonds is 5. The zero-order chi connectivity index (χ0) is 16.4. The molecular weight excluding hydrogens is 297 g/mol. The van der Waals surface area contributed by atoms with Gasteiger partial charge >= 0.3 is 0 Å². The summed E-state index contributed by atoms with van der Waals surface area (Å²) in [5, 5.41) is 19.2. The Hall–Kier alpha value is -2.65. The number of carbonyl (C=O) groups is 1. The van der Waals surface area contributed by atoms with Crippen molar-refractivity contribution in [1.29, 1.82) is 5.26 Å². The Balaban J connectivity index is 1.75. The molecule has 1 aromatic heterocycles. The molecule has 1 aromatic carbocycles. The molecule has 1 fully saturated rings. The fourth-order valence-electron chi connectivity index (χ4n) is 2.50. The number of hydrogen-bond acceptors (Lipinski definition) is 3. The molecule has 1 unspecified atom stereocenters. The Kier molecular flexibility index (Phi) is 4.13. The average Bonchev–Trinajstić information content (AvgIpc) is 3.28. The minimum Gasteiger partial charge on any atom is -0.387 e. The average molecular weight is 313 g/mol. The number of carbonyl (C=O) groups excluding carboxylic acids is 1. The molecule has 5 nitrogen and oxygen atoms in total. The standard InChI is InChI=1S/C17H16FN3O2/c18-13-3-1-12(2-4-13)16(22)10-21(14-5-6-14)17(23)15-7-11(8-19)9-20-15/h1-4,7,9,14,16,20,22H,5-6,10H2. The van der Waals surface area contributed by atoms with Crippen LogP contribution in [0.1, 0.15) is 40.6 Å². The molecule has 0 radical (unpaired) electrons. The molecule has 1 heterocycles. The van der Waals surface area contributed by atoms with Crippen LogP contribution in [0.2, 0.25) is 0 Å². The summed E-state index contributed by atoms with van der Waals surface area (Å²) < 4.78 is 13.0. The van der Waals surface area contributed by atoms with E-state index in [1.54, 1.807) is 4.90 Å². The largest absolute Gasteiger partial charge is 0.387 e. The second kappa shape index (κ2) is 6.23. The molecule has 23 heavy (non-hydrogen) atoms. The highest BCUT2D eigenvalue weighted by atomic mass is 19.1. The van der Waals surface area contributed by atoms with Crippen LogP contribution in [0.5, 0.6) is 0 Å². The van der Waals surface area contributed by atoms with Gasteiger partial charge in [-0.25, -0.2) is 4.39 Å². The van der Waals surface area contributed by atoms with E-state index in [2.05, 4.69) is 4.98 Å². The fourth-order valence-corrected chi connectivity index (χ4v) is 2.50. The molecule has 1 atom stereocenters. The SMILES string of the molecule is N#Cc1c[nH]c(C(=O)N(CC(O)c2ccc(F)cc2)C2CC2)c1. The van der Waals surface area contributed by atoms with Crippen molar-refractivity contribution in [2.45, 2.75) is 25.0 Å². The number of nitrogens with zero attached hydrogens (tertiary/aromatic N) is 2. The third-order valence-electron chi connectivity index (χ3n) is 3.92. The number of benzene rings is 1. The minimum atomic E-state index is -0.884. The second-order valence-electron chi connectivity index (χ2n) is 5.67. The van der Waals surface area contributed by atoms with E-state index in [0.717, 1.165) is 12.8 Å². The Morgan fingerprint density at radius 2 is 2.13 bits per heavy atom. The van der Waals surface area contributed by atoms with E-state index in [9.17, 15) is 14.3 Å². The Morgan fingerprint density at radius 3 is 2.70 bits per heavy atom. The lowest BCUT2D eigenvalue weighted by Crippen LogP contribution is -2.36. The molecule has 118 valence electrons. The second-order valence-corrected chi connectivity index (χ2v) is 5.67. The van der Waals surface area contributed by atoms with Gasteiger partial charge in [-0.2, -0.15) is 5.26 Å². The van der Waals surface area contributed by atoms with E-state index in [1.807, 2.05) is 6.07 Å². The molecule has 1 aliphatic carbocycles. The van der Waals surface area contributed by atoms with Gasteiger partial charge in [0.1, 0.15) is 17.6 Å². The maximum Gasteiger partial charge on any atom is 0.270 e. The van der Waals surface area contributed by atoms with Crippen molar-refractivity contribution >= 4 is 5.91 Å². The van der Waals surface area contributed by atoms with E-state index >= 15 is 0 Å². The number of halogens is 1. The molecule has 0 saturated heterocycles. The first-order valence-electron chi connectivity index (χ1n) is 7.41. The van der Waals surface area contributed by atoms with Crippen LogP contribution in [0.15, 0.2) is 36.5 Å². The van der Waals surface area contributed by atoms with E-state index < -0.39 is 6.10 Å². The summed E-state index contributed by atoms with van der Waals surface area (Å²) in [6.45, 7) is 0.135. The first kappa shape index (κ1) is 15.3. The topological polar surface area (TPSA) is 80.1 Å². The maximum atomic E-state index is 13.0. The van der Waals surface area contributed by atoms with Crippen LogP contribution in [0, 0.1) is 17.1 Å². The quantitative estimate of drug-likeness (QED) is 0.889. The number of aromatic nitrogens is 1. The molecule has 1 aliphatic rings. The molecule has 2 N–H and O–H groups in total. The molecule has 0 spiro atoms. The van der Waals surface area contributed by atoms with Crippen molar-refractivity contribution < 1.29 is 14.3 Å². The van der Waals surface area contributed by atoms with Crippen molar-refractivity contribution in [1.82, 2.24) is 9.88 Å². The first-order valence-corrected chi connectivity index (χ1v) is 7.41. The summed E-state index contributed by atoms with van der Waals surface area (Å²) in [6, 6.07) is 9.17. The Labute approximate surface area is 133 Å². The van der Waals surface area contributed by atoms with Gasteiger partial charge in [-0.3, -0.25) is 4.79 Å². The highest BCUT2D eigenvalue weighted by Crippen LogP contribution is 2.30. The van der Waals surface area contributed by atoms with E-state index in [0.29, 0.717) is 16.8 Å². The number of amides is 1. The summed E-state index contributed by atoms with van der Waals surface area (Å²) in [5.74, 6) is -0.610. The van der Waals surface area contributed by atoms with Gasteiger partial charge in [0.15, 0.2) is 0 Å². The van der Waals surface area contributed by atoms with E-state index in [1.165, 1.54) is 36.5 Å². The van der Waals surface area contributed by atoms with Gasteiger partial charge in [0.25, 0.3) is 5.91 Å². The van der Waals surface area contributed by atoms with E-state index in [4.69, 9.17) is 5.26 Å². The van der Waals surface area contributed by atoms with Gasteiger partial charge in [-0.05, 0) is 36.6 Å². The summed E-state index contributed by atoms with van der Waals surface area (Å²) in [5.41, 5.74) is 1.29. The van der Waals surface area contributed by atoms with Crippen LogP contribution < -0.4 is 0 Å². The molecule has 2 aromatic rings. The summed E-state index contributed by atoms with van der Waals surface area (Å²) in [7, 11) is 0. The van der Waals surface area contributed by atoms with Crippen molar-refractivity contribution in [2.75, 3.05) is 6.54 Å². The van der Waals surface area contributed by atoms with E-state index in [-0.39, 0.29) is 24.3 Å². The third-order valence-corrected chi connectivity index (χ3v) is 3.92. The van der Waals surface area contributed by atoms with Gasteiger partial charge in [0.05, 0.1) is 18.2 Å². The van der Waals surface area contributed by atoms with Crippen LogP contribution >= 0.6 is 0 Å². The molecular formula is C17H16FN3O2. The maximum absolute atomic E-state index is 13.0. The van der Waals surface area contributed by atoms with Crippen LogP contribution in [0.25, 0.3) is 0 Å². The van der Waals surface area contributed by atoms with Crippen molar-refractivity contribution in [3.63, 3.8) is 0 Å². The number of nitrogens with one attached hydrogen (secondary N) is 1. The van der Waals surface area contributed by atoms with Gasteiger partial charge in [-0.1, -0.05) is 12.1 Å². The summed E-state index contributed by atoms with van der Waals surface area (Å²) in [4.78, 5) is 17.0. The summed E-state index contributed by atoms with van der Waals surface area (Å²) >= 11 is 0. The predicted octanol–water partition coefficient (Wildman–Crippen LogP) is 2.36. The van der Waals surface area contributed by atoms with Crippen LogP contribution in [0.3, 0.4) is 0 Å². The van der Waals surface area contributed by atoms with Gasteiger partial charge < -0.3 is 15.0 Å². The van der Waals surface area contributed by atoms with Gasteiger partial charge in [-0.15, -0.1) is 0 Å². The van der Waals surface area contributed by atoms with Crippen LogP contribution in [0.4, 0.5) is 4.39 Å². The lowest BCUT2D eigenvalue weighted by atomic mass is 10.1. The van der Waals surface area contributed by atoms with Crippen LogP contribution in [-0.4, -0.2) is 33.5 Å². The number of H-pyrrole nitrogens is 1. The van der Waals surface area contributed by atoms with Crippen molar-refractivity contribution in [2.24, 2.45) is 0 Å². The zero-order valence-electron chi connectivity index (χ0n) is 12.4. The number of nitriles is 1. The van der Waals surface area contributed by atoms with Gasteiger partial charge in [0.2, 0.25) is 0 Å².